The minimum absolute atomic E-state index is 0.0657. The average Bonchev–Trinajstić information content (AvgIpc) is 2.87. The fourth-order valence-electron chi connectivity index (χ4n) is 3.82. The van der Waals surface area contributed by atoms with Gasteiger partial charge in [-0.15, -0.1) is 0 Å². The van der Waals surface area contributed by atoms with E-state index in [2.05, 4.69) is 5.32 Å². The van der Waals surface area contributed by atoms with Crippen molar-refractivity contribution < 1.29 is 37.0 Å². The van der Waals surface area contributed by atoms with Gasteiger partial charge in [0.05, 0.1) is 11.1 Å². The molecule has 9 heteroatoms. The first-order valence-electron chi connectivity index (χ1n) is 11.2. The molecule has 0 saturated carbocycles. The number of carbonyl (C=O) groups excluding carboxylic acids is 1. The maximum Gasteiger partial charge on any atom is 0.416 e. The number of carbonyl (C=O) groups is 2. The number of carboxylic acid groups (broad SMARTS) is 1. The molecule has 0 aromatic heterocycles. The van der Waals surface area contributed by atoms with E-state index in [0.717, 1.165) is 17.5 Å². The molecule has 0 aliphatic heterocycles. The summed E-state index contributed by atoms with van der Waals surface area (Å²) in [7, 11) is 0. The van der Waals surface area contributed by atoms with Crippen molar-refractivity contribution in [3.63, 3.8) is 0 Å². The molecular formula is C28H21F4NO4. The normalized spacial score (nSPS) is 12.2. The first-order chi connectivity index (χ1) is 17.6. The number of aliphatic carboxylic acids is 1. The van der Waals surface area contributed by atoms with E-state index in [1.54, 1.807) is 30.3 Å². The van der Waals surface area contributed by atoms with Crippen LogP contribution in [0.15, 0.2) is 84.9 Å². The predicted octanol–water partition coefficient (Wildman–Crippen LogP) is 6.00. The van der Waals surface area contributed by atoms with E-state index >= 15 is 0 Å². The number of hydrogen-bond acceptors (Lipinski definition) is 3. The summed E-state index contributed by atoms with van der Waals surface area (Å²) < 4.78 is 57.7. The average molecular weight is 511 g/mol. The van der Waals surface area contributed by atoms with E-state index in [9.17, 15) is 32.3 Å². The van der Waals surface area contributed by atoms with Crippen LogP contribution in [0.4, 0.5) is 17.6 Å². The quantitative estimate of drug-likeness (QED) is 0.285. The van der Waals surface area contributed by atoms with E-state index in [1.807, 2.05) is 0 Å². The fraction of sp³-hybridized carbons (Fsp3) is 0.143. The zero-order valence-corrected chi connectivity index (χ0v) is 19.3. The van der Waals surface area contributed by atoms with Gasteiger partial charge in [-0.05, 0) is 46.8 Å². The molecule has 0 aliphatic carbocycles. The molecule has 4 aromatic rings. The molecule has 0 saturated heterocycles. The van der Waals surface area contributed by atoms with Gasteiger partial charge in [-0.1, -0.05) is 54.6 Å². The third-order valence-electron chi connectivity index (χ3n) is 5.75. The Hall–Kier alpha value is -4.40. The van der Waals surface area contributed by atoms with Crippen molar-refractivity contribution in [2.75, 3.05) is 0 Å². The molecule has 1 amide bonds. The van der Waals surface area contributed by atoms with Crippen LogP contribution >= 0.6 is 0 Å². The Morgan fingerprint density at radius 1 is 0.865 bits per heavy atom. The van der Waals surface area contributed by atoms with Crippen LogP contribution in [-0.4, -0.2) is 23.0 Å². The Balaban J connectivity index is 1.59. The molecule has 5 nitrogen and oxygen atoms in total. The molecule has 2 N–H and O–H groups in total. The molecule has 4 rings (SSSR count). The van der Waals surface area contributed by atoms with Crippen LogP contribution in [-0.2, 0) is 24.0 Å². The molecule has 0 spiro atoms. The van der Waals surface area contributed by atoms with Gasteiger partial charge in [0.25, 0.3) is 5.91 Å². The van der Waals surface area contributed by atoms with Crippen molar-refractivity contribution in [3.8, 4) is 5.75 Å². The number of ether oxygens (including phenoxy) is 1. The summed E-state index contributed by atoms with van der Waals surface area (Å²) in [5, 5.41) is 13.5. The molecule has 0 aliphatic rings. The van der Waals surface area contributed by atoms with Gasteiger partial charge in [-0.3, -0.25) is 4.79 Å². The zero-order valence-electron chi connectivity index (χ0n) is 19.3. The van der Waals surface area contributed by atoms with Crippen LogP contribution in [0.3, 0.4) is 0 Å². The molecule has 0 unspecified atom stereocenters. The monoisotopic (exact) mass is 511 g/mol. The van der Waals surface area contributed by atoms with Crippen LogP contribution in [0.25, 0.3) is 10.8 Å². The van der Waals surface area contributed by atoms with Gasteiger partial charge in [0, 0.05) is 11.8 Å². The summed E-state index contributed by atoms with van der Waals surface area (Å²) in [4.78, 5) is 25.0. The standard InChI is InChI=1S/C28H21F4NO4/c29-21-12-7-17(8-13-21)15-24(27(35)36)33-26(34)23-14-9-19-3-1-2-4-22(19)25(23)37-16-18-5-10-20(11-6-18)28(30,31)32/h1-14,24H,15-16H2,(H,33,34)(H,35,36)/t24-/m0/s1. The zero-order chi connectivity index (χ0) is 26.6. The summed E-state index contributed by atoms with van der Waals surface area (Å²) in [5.41, 5.74) is 0.247. The molecule has 1 atom stereocenters. The predicted molar refractivity (Wildman–Crippen MR) is 129 cm³/mol. The lowest BCUT2D eigenvalue weighted by molar-refractivity contribution is -0.139. The van der Waals surface area contributed by atoms with Crippen molar-refractivity contribution in [1.29, 1.82) is 0 Å². The van der Waals surface area contributed by atoms with E-state index in [0.29, 0.717) is 16.5 Å². The Morgan fingerprint density at radius 3 is 2.16 bits per heavy atom. The highest BCUT2D eigenvalue weighted by Gasteiger charge is 2.30. The summed E-state index contributed by atoms with van der Waals surface area (Å²) in [6, 6.07) is 18.7. The topological polar surface area (TPSA) is 75.6 Å². The van der Waals surface area contributed by atoms with Gasteiger partial charge in [0.15, 0.2) is 0 Å². The number of amides is 1. The first-order valence-corrected chi connectivity index (χ1v) is 11.2. The first kappa shape index (κ1) is 25.7. The minimum atomic E-state index is -4.46. The molecule has 190 valence electrons. The maximum absolute atomic E-state index is 13.2. The summed E-state index contributed by atoms with van der Waals surface area (Å²) >= 11 is 0. The van der Waals surface area contributed by atoms with Gasteiger partial charge >= 0.3 is 12.1 Å². The van der Waals surface area contributed by atoms with Crippen LogP contribution in [0.1, 0.15) is 27.0 Å². The number of carboxylic acids is 1. The van der Waals surface area contributed by atoms with Gasteiger partial charge in [0.2, 0.25) is 0 Å². The van der Waals surface area contributed by atoms with Crippen molar-refractivity contribution >= 4 is 22.6 Å². The van der Waals surface area contributed by atoms with E-state index < -0.39 is 35.5 Å². The van der Waals surface area contributed by atoms with E-state index in [1.165, 1.54) is 42.5 Å². The van der Waals surface area contributed by atoms with E-state index in [-0.39, 0.29) is 24.3 Å². The van der Waals surface area contributed by atoms with Crippen molar-refractivity contribution in [2.45, 2.75) is 25.2 Å². The number of fused-ring (bicyclic) bond motifs is 1. The van der Waals surface area contributed by atoms with Crippen LogP contribution in [0.5, 0.6) is 5.75 Å². The van der Waals surface area contributed by atoms with Gasteiger partial charge in [0.1, 0.15) is 24.2 Å². The second-order valence-corrected chi connectivity index (χ2v) is 8.34. The number of benzene rings is 4. The number of rotatable bonds is 8. The van der Waals surface area contributed by atoms with Crippen LogP contribution in [0.2, 0.25) is 0 Å². The Morgan fingerprint density at radius 2 is 1.51 bits per heavy atom. The Bertz CT molecular complexity index is 1420. The van der Waals surface area contributed by atoms with Crippen LogP contribution in [0, 0.1) is 5.82 Å². The number of halogens is 4. The van der Waals surface area contributed by atoms with Gasteiger partial charge < -0.3 is 15.2 Å². The Labute approximate surface area is 209 Å². The smallest absolute Gasteiger partial charge is 0.416 e. The third kappa shape index (κ3) is 6.24. The third-order valence-corrected chi connectivity index (χ3v) is 5.75. The van der Waals surface area contributed by atoms with Gasteiger partial charge in [-0.2, -0.15) is 13.2 Å². The number of alkyl halides is 3. The van der Waals surface area contributed by atoms with Crippen molar-refractivity contribution in [2.24, 2.45) is 0 Å². The minimum Gasteiger partial charge on any atom is -0.487 e. The molecule has 0 bridgehead atoms. The van der Waals surface area contributed by atoms with Crippen molar-refractivity contribution in [3.05, 3.63) is 113 Å². The molecule has 0 heterocycles. The lowest BCUT2D eigenvalue weighted by Gasteiger charge is -2.18. The second kappa shape index (κ2) is 10.7. The van der Waals surface area contributed by atoms with Crippen molar-refractivity contribution in [1.82, 2.24) is 5.32 Å². The largest absolute Gasteiger partial charge is 0.487 e. The lowest BCUT2D eigenvalue weighted by atomic mass is 10.0. The molecule has 37 heavy (non-hydrogen) atoms. The Kier molecular flexibility index (Phi) is 7.42. The lowest BCUT2D eigenvalue weighted by Crippen LogP contribution is -2.42. The molecule has 0 fully saturated rings. The highest BCUT2D eigenvalue weighted by molar-refractivity contribution is 6.04. The fourth-order valence-corrected chi connectivity index (χ4v) is 3.82. The van der Waals surface area contributed by atoms with Crippen LogP contribution < -0.4 is 10.1 Å². The maximum atomic E-state index is 13.2. The molecular weight excluding hydrogens is 490 g/mol. The summed E-state index contributed by atoms with van der Waals surface area (Å²) in [6.07, 6.45) is -4.54. The van der Waals surface area contributed by atoms with Gasteiger partial charge in [-0.25, -0.2) is 9.18 Å². The summed E-state index contributed by atoms with van der Waals surface area (Å²) in [5.74, 6) is -2.28. The SMILES string of the molecule is O=C(N[C@@H](Cc1ccc(F)cc1)C(=O)O)c1ccc2ccccc2c1OCc1ccc(C(F)(F)F)cc1. The van der Waals surface area contributed by atoms with E-state index in [4.69, 9.17) is 4.74 Å². The number of nitrogens with one attached hydrogen (secondary N) is 1. The molecule has 4 aromatic carbocycles. The second-order valence-electron chi connectivity index (χ2n) is 8.34. The number of hydrogen-bond donors (Lipinski definition) is 2. The highest BCUT2D eigenvalue weighted by Crippen LogP contribution is 2.32. The summed E-state index contributed by atoms with van der Waals surface area (Å²) in [6.45, 7) is -0.121. The molecule has 0 radical (unpaired) electrons. The highest BCUT2D eigenvalue weighted by atomic mass is 19.4.